The minimum Gasteiger partial charge on any atom is -0.389 e. The smallest absolute Gasteiger partial charge is 0.217 e. The lowest BCUT2D eigenvalue weighted by atomic mass is 10.1. The number of anilines is 1. The number of nitrogens with zero attached hydrogens (tertiary/aromatic N) is 1. The van der Waals surface area contributed by atoms with Crippen LogP contribution < -0.4 is 10.2 Å². The van der Waals surface area contributed by atoms with Crippen LogP contribution >= 0.6 is 0 Å². The van der Waals surface area contributed by atoms with E-state index in [2.05, 4.69) is 5.32 Å². The van der Waals surface area contributed by atoms with Crippen molar-refractivity contribution in [3.05, 3.63) is 29.6 Å². The van der Waals surface area contributed by atoms with Crippen molar-refractivity contribution < 1.29 is 14.3 Å². The number of aliphatic hydroxyl groups is 1. The molecular weight excluding hydrogens is 247 g/mol. The minimum absolute atomic E-state index is 0.0539. The molecule has 4 nitrogen and oxygen atoms in total. The van der Waals surface area contributed by atoms with Gasteiger partial charge in [0.25, 0.3) is 0 Å². The molecule has 2 rings (SSSR count). The summed E-state index contributed by atoms with van der Waals surface area (Å²) >= 11 is 0. The number of aliphatic hydroxyl groups excluding tert-OH is 1. The molecule has 0 spiro atoms. The zero-order valence-electron chi connectivity index (χ0n) is 11.2. The number of amides is 1. The second-order valence-electron chi connectivity index (χ2n) is 4.98. The van der Waals surface area contributed by atoms with E-state index in [1.807, 2.05) is 4.90 Å². The Bertz CT molecular complexity index is 477. The van der Waals surface area contributed by atoms with Crippen molar-refractivity contribution in [2.24, 2.45) is 0 Å². The Kier molecular flexibility index (Phi) is 4.04. The molecule has 0 aliphatic carbocycles. The van der Waals surface area contributed by atoms with Gasteiger partial charge >= 0.3 is 0 Å². The minimum atomic E-state index is -0.851. The molecule has 1 aliphatic rings. The Morgan fingerprint density at radius 3 is 2.95 bits per heavy atom. The molecule has 2 atom stereocenters. The summed E-state index contributed by atoms with van der Waals surface area (Å²) in [6.07, 6.45) is -0.0222. The topological polar surface area (TPSA) is 52.6 Å². The second kappa shape index (κ2) is 5.57. The van der Waals surface area contributed by atoms with E-state index < -0.39 is 11.9 Å². The first kappa shape index (κ1) is 13.8. The molecule has 1 unspecified atom stereocenters. The predicted octanol–water partition coefficient (Wildman–Crippen LogP) is 1.59. The average Bonchev–Trinajstić information content (AvgIpc) is 2.75. The van der Waals surface area contributed by atoms with Gasteiger partial charge in [0.15, 0.2) is 0 Å². The Balaban J connectivity index is 2.20. The van der Waals surface area contributed by atoms with Crippen molar-refractivity contribution >= 4 is 11.6 Å². The molecule has 0 aromatic heterocycles. The number of hydrogen-bond acceptors (Lipinski definition) is 3. The maximum Gasteiger partial charge on any atom is 0.217 e. The fourth-order valence-electron chi connectivity index (χ4n) is 2.60. The first-order valence-electron chi connectivity index (χ1n) is 6.47. The van der Waals surface area contributed by atoms with E-state index >= 15 is 0 Å². The van der Waals surface area contributed by atoms with Crippen molar-refractivity contribution in [3.63, 3.8) is 0 Å². The highest BCUT2D eigenvalue weighted by Gasteiger charge is 2.26. The molecule has 1 aromatic rings. The van der Waals surface area contributed by atoms with Gasteiger partial charge in [0.2, 0.25) is 5.91 Å². The lowest BCUT2D eigenvalue weighted by Crippen LogP contribution is -2.35. The van der Waals surface area contributed by atoms with E-state index in [0.717, 1.165) is 13.0 Å². The van der Waals surface area contributed by atoms with Gasteiger partial charge < -0.3 is 15.3 Å². The van der Waals surface area contributed by atoms with Crippen LogP contribution in [0.3, 0.4) is 0 Å². The van der Waals surface area contributed by atoms with E-state index in [-0.39, 0.29) is 11.9 Å². The van der Waals surface area contributed by atoms with Crippen LogP contribution in [0.5, 0.6) is 0 Å². The molecule has 1 saturated heterocycles. The van der Waals surface area contributed by atoms with E-state index in [9.17, 15) is 14.3 Å². The summed E-state index contributed by atoms with van der Waals surface area (Å²) in [6, 6.07) is 4.89. The number of rotatable bonds is 3. The third-order valence-corrected chi connectivity index (χ3v) is 3.38. The van der Waals surface area contributed by atoms with Gasteiger partial charge in [0, 0.05) is 37.3 Å². The monoisotopic (exact) mass is 266 g/mol. The fourth-order valence-corrected chi connectivity index (χ4v) is 2.60. The summed E-state index contributed by atoms with van der Waals surface area (Å²) in [6.45, 7) is 4.44. The Morgan fingerprint density at radius 2 is 2.32 bits per heavy atom. The molecule has 0 radical (unpaired) electrons. The van der Waals surface area contributed by atoms with E-state index in [1.54, 1.807) is 19.1 Å². The normalized spacial score (nSPS) is 20.4. The van der Waals surface area contributed by atoms with Gasteiger partial charge in [-0.1, -0.05) is 6.07 Å². The zero-order chi connectivity index (χ0) is 14.0. The summed E-state index contributed by atoms with van der Waals surface area (Å²) in [4.78, 5) is 13.0. The number of nitrogens with one attached hydrogen (secondary N) is 1. The molecule has 104 valence electrons. The first-order valence-corrected chi connectivity index (χ1v) is 6.47. The number of hydrogen-bond donors (Lipinski definition) is 2. The standard InChI is InChI=1S/C14H19FN2O2/c1-9(18)14-12(15)4-3-5-13(14)17-7-6-11(8-17)16-10(2)19/h3-5,9,11,18H,6-8H2,1-2H3,(H,16,19)/t9-,11?/m1/s1. The third-order valence-electron chi connectivity index (χ3n) is 3.38. The Morgan fingerprint density at radius 1 is 1.58 bits per heavy atom. The maximum absolute atomic E-state index is 13.8. The zero-order valence-corrected chi connectivity index (χ0v) is 11.2. The van der Waals surface area contributed by atoms with Gasteiger partial charge in [-0.15, -0.1) is 0 Å². The van der Waals surface area contributed by atoms with E-state index in [0.29, 0.717) is 17.8 Å². The van der Waals surface area contributed by atoms with Crippen molar-refractivity contribution in [3.8, 4) is 0 Å². The first-order chi connectivity index (χ1) is 8.99. The summed E-state index contributed by atoms with van der Waals surface area (Å²) in [5, 5.41) is 12.6. The molecule has 0 saturated carbocycles. The predicted molar refractivity (Wildman–Crippen MR) is 71.5 cm³/mol. The van der Waals surface area contributed by atoms with Crippen LogP contribution in [-0.2, 0) is 4.79 Å². The van der Waals surface area contributed by atoms with Crippen molar-refractivity contribution in [2.45, 2.75) is 32.4 Å². The van der Waals surface area contributed by atoms with Crippen LogP contribution in [0.25, 0.3) is 0 Å². The molecule has 0 bridgehead atoms. The highest BCUT2D eigenvalue weighted by atomic mass is 19.1. The van der Waals surface area contributed by atoms with Gasteiger partial charge in [0.1, 0.15) is 5.82 Å². The van der Waals surface area contributed by atoms with Crippen LogP contribution in [0.4, 0.5) is 10.1 Å². The molecular formula is C14H19FN2O2. The van der Waals surface area contributed by atoms with Crippen LogP contribution in [-0.4, -0.2) is 30.1 Å². The molecule has 19 heavy (non-hydrogen) atoms. The van der Waals surface area contributed by atoms with Gasteiger partial charge in [-0.05, 0) is 25.5 Å². The van der Waals surface area contributed by atoms with E-state index in [4.69, 9.17) is 0 Å². The summed E-state index contributed by atoms with van der Waals surface area (Å²) in [7, 11) is 0. The molecule has 5 heteroatoms. The molecule has 1 aromatic carbocycles. The van der Waals surface area contributed by atoms with Gasteiger partial charge in [0.05, 0.1) is 6.10 Å². The third kappa shape index (κ3) is 3.04. The number of carbonyl (C=O) groups excluding carboxylic acids is 1. The molecule has 1 fully saturated rings. The van der Waals surface area contributed by atoms with Crippen LogP contribution in [0.15, 0.2) is 18.2 Å². The summed E-state index contributed by atoms with van der Waals surface area (Å²) in [5.74, 6) is -0.447. The SMILES string of the molecule is CC(=O)NC1CCN(c2cccc(F)c2[C@@H](C)O)C1. The van der Waals surface area contributed by atoms with E-state index in [1.165, 1.54) is 13.0 Å². The van der Waals surface area contributed by atoms with Crippen LogP contribution in [0.2, 0.25) is 0 Å². The molecule has 1 aliphatic heterocycles. The van der Waals surface area contributed by atoms with Crippen LogP contribution in [0.1, 0.15) is 31.9 Å². The Hall–Kier alpha value is -1.62. The van der Waals surface area contributed by atoms with Crippen molar-refractivity contribution in [1.82, 2.24) is 5.32 Å². The molecule has 1 heterocycles. The molecule has 2 N–H and O–H groups in total. The van der Waals surface area contributed by atoms with Crippen molar-refractivity contribution in [2.75, 3.05) is 18.0 Å². The van der Waals surface area contributed by atoms with Crippen LogP contribution in [0, 0.1) is 5.82 Å². The second-order valence-corrected chi connectivity index (χ2v) is 4.98. The number of benzene rings is 1. The summed E-state index contributed by atoms with van der Waals surface area (Å²) < 4.78 is 13.8. The lowest BCUT2D eigenvalue weighted by Gasteiger charge is -2.23. The molecule has 1 amide bonds. The summed E-state index contributed by atoms with van der Waals surface area (Å²) in [5.41, 5.74) is 1.04. The largest absolute Gasteiger partial charge is 0.389 e. The van der Waals surface area contributed by atoms with Gasteiger partial charge in [-0.3, -0.25) is 4.79 Å². The van der Waals surface area contributed by atoms with Gasteiger partial charge in [-0.25, -0.2) is 4.39 Å². The number of carbonyl (C=O) groups is 1. The lowest BCUT2D eigenvalue weighted by molar-refractivity contribution is -0.119. The van der Waals surface area contributed by atoms with Gasteiger partial charge in [-0.2, -0.15) is 0 Å². The quantitative estimate of drug-likeness (QED) is 0.873. The fraction of sp³-hybridized carbons (Fsp3) is 0.500. The average molecular weight is 266 g/mol. The highest BCUT2D eigenvalue weighted by Crippen LogP contribution is 2.31. The highest BCUT2D eigenvalue weighted by molar-refractivity contribution is 5.73. The maximum atomic E-state index is 13.8. The number of halogens is 1. The Labute approximate surface area is 112 Å². The van der Waals surface area contributed by atoms with Crippen molar-refractivity contribution in [1.29, 1.82) is 0 Å².